The van der Waals surface area contributed by atoms with Crippen molar-refractivity contribution in [2.45, 2.75) is 13.3 Å². The fourth-order valence-electron chi connectivity index (χ4n) is 1.46. The third-order valence-electron chi connectivity index (χ3n) is 2.29. The van der Waals surface area contributed by atoms with Gasteiger partial charge in [-0.2, -0.15) is 0 Å². The summed E-state index contributed by atoms with van der Waals surface area (Å²) in [5.74, 6) is -0.143. The van der Waals surface area contributed by atoms with Gasteiger partial charge in [-0.05, 0) is 24.6 Å². The van der Waals surface area contributed by atoms with Crippen LogP contribution in [0.5, 0.6) is 5.75 Å². The van der Waals surface area contributed by atoms with Crippen LogP contribution < -0.4 is 10.5 Å². The Morgan fingerprint density at radius 1 is 1.39 bits per heavy atom. The maximum absolute atomic E-state index is 12.0. The minimum Gasteiger partial charge on any atom is -0.494 e. The Balaban J connectivity index is 2.76. The lowest BCUT2D eigenvalue weighted by atomic mass is 10.2. The van der Waals surface area contributed by atoms with Crippen LogP contribution in [0.15, 0.2) is 24.3 Å². The maximum Gasteiger partial charge on any atom is 0.254 e. The number of rotatable bonds is 6. The molecule has 0 aliphatic heterocycles. The summed E-state index contributed by atoms with van der Waals surface area (Å²) >= 11 is 0. The number of hydrogen-bond donors (Lipinski definition) is 1. The summed E-state index contributed by atoms with van der Waals surface area (Å²) in [4.78, 5) is 24.0. The number of likely N-dealkylation sites (N-methyl/N-ethyl adjacent to an activating group) is 1. The summed E-state index contributed by atoms with van der Waals surface area (Å²) < 4.78 is 5.44. The molecule has 0 heterocycles. The van der Waals surface area contributed by atoms with Crippen LogP contribution in [0.1, 0.15) is 23.7 Å². The summed E-state index contributed by atoms with van der Waals surface area (Å²) in [6.07, 6.45) is 0.903. The average molecular weight is 250 g/mol. The number of benzene rings is 1. The summed E-state index contributed by atoms with van der Waals surface area (Å²) in [5, 5.41) is 0. The average Bonchev–Trinajstić information content (AvgIpc) is 2.35. The Morgan fingerprint density at radius 3 is 2.72 bits per heavy atom. The van der Waals surface area contributed by atoms with E-state index in [9.17, 15) is 9.59 Å². The molecule has 98 valence electrons. The molecule has 0 saturated heterocycles. The van der Waals surface area contributed by atoms with E-state index < -0.39 is 5.91 Å². The summed E-state index contributed by atoms with van der Waals surface area (Å²) in [7, 11) is 1.53. The van der Waals surface area contributed by atoms with Crippen LogP contribution in [0.3, 0.4) is 0 Å². The van der Waals surface area contributed by atoms with Gasteiger partial charge in [0.05, 0.1) is 13.2 Å². The molecule has 0 fully saturated rings. The first-order chi connectivity index (χ1) is 8.54. The van der Waals surface area contributed by atoms with E-state index in [0.29, 0.717) is 17.9 Å². The largest absolute Gasteiger partial charge is 0.494 e. The van der Waals surface area contributed by atoms with Gasteiger partial charge < -0.3 is 15.4 Å². The minimum atomic E-state index is -0.538. The molecule has 5 nitrogen and oxygen atoms in total. The number of carbonyl (C=O) groups excluding carboxylic acids is 2. The first kappa shape index (κ1) is 14.0. The molecule has 2 N–H and O–H groups in total. The van der Waals surface area contributed by atoms with Crippen LogP contribution in [0.2, 0.25) is 0 Å². The van der Waals surface area contributed by atoms with E-state index in [4.69, 9.17) is 10.5 Å². The molecule has 1 rings (SSSR count). The van der Waals surface area contributed by atoms with Crippen molar-refractivity contribution < 1.29 is 14.3 Å². The molecule has 0 bridgehead atoms. The third-order valence-corrected chi connectivity index (χ3v) is 2.29. The van der Waals surface area contributed by atoms with Gasteiger partial charge in [-0.25, -0.2) is 0 Å². The van der Waals surface area contributed by atoms with Crippen LogP contribution in [-0.4, -0.2) is 36.9 Å². The highest BCUT2D eigenvalue weighted by Gasteiger charge is 2.13. The third kappa shape index (κ3) is 4.08. The monoisotopic (exact) mass is 250 g/mol. The van der Waals surface area contributed by atoms with Crippen molar-refractivity contribution in [3.63, 3.8) is 0 Å². The van der Waals surface area contributed by atoms with E-state index >= 15 is 0 Å². The molecule has 0 atom stereocenters. The second-order valence-electron chi connectivity index (χ2n) is 4.00. The highest BCUT2D eigenvalue weighted by molar-refractivity contribution is 5.96. The van der Waals surface area contributed by atoms with E-state index in [1.54, 1.807) is 24.3 Å². The van der Waals surface area contributed by atoms with Gasteiger partial charge in [0.1, 0.15) is 5.75 Å². The smallest absolute Gasteiger partial charge is 0.254 e. The first-order valence-corrected chi connectivity index (χ1v) is 5.81. The SMILES string of the molecule is CCCOc1cccc(C(=O)N(C)CC(N)=O)c1. The zero-order valence-corrected chi connectivity index (χ0v) is 10.7. The van der Waals surface area contributed by atoms with Crippen molar-refractivity contribution in [3.8, 4) is 5.75 Å². The molecular formula is C13H18N2O3. The van der Waals surface area contributed by atoms with Crippen molar-refractivity contribution in [2.24, 2.45) is 5.73 Å². The standard InChI is InChI=1S/C13H18N2O3/c1-3-7-18-11-6-4-5-10(8-11)13(17)15(2)9-12(14)16/h4-6,8H,3,7,9H2,1-2H3,(H2,14,16). The van der Waals surface area contributed by atoms with E-state index in [0.717, 1.165) is 6.42 Å². The summed E-state index contributed by atoms with van der Waals surface area (Å²) in [6, 6.07) is 6.88. The number of primary amides is 1. The summed E-state index contributed by atoms with van der Waals surface area (Å²) in [6.45, 7) is 2.52. The van der Waals surface area contributed by atoms with Crippen LogP contribution in [0.4, 0.5) is 0 Å². The fraction of sp³-hybridized carbons (Fsp3) is 0.385. The zero-order valence-electron chi connectivity index (χ0n) is 10.7. The minimum absolute atomic E-state index is 0.0983. The first-order valence-electron chi connectivity index (χ1n) is 5.81. The zero-order chi connectivity index (χ0) is 13.5. The molecule has 0 aromatic heterocycles. The Bertz CT molecular complexity index is 432. The topological polar surface area (TPSA) is 72.6 Å². The van der Waals surface area contributed by atoms with Gasteiger partial charge in [0.15, 0.2) is 0 Å². The Hall–Kier alpha value is -2.04. The van der Waals surface area contributed by atoms with Crippen molar-refractivity contribution >= 4 is 11.8 Å². The maximum atomic E-state index is 12.0. The molecule has 0 aliphatic carbocycles. The van der Waals surface area contributed by atoms with Crippen molar-refractivity contribution in [1.82, 2.24) is 4.90 Å². The lowest BCUT2D eigenvalue weighted by Gasteiger charge is -2.15. The second kappa shape index (κ2) is 6.64. The van der Waals surface area contributed by atoms with Gasteiger partial charge in [0.25, 0.3) is 5.91 Å². The van der Waals surface area contributed by atoms with Gasteiger partial charge in [0.2, 0.25) is 5.91 Å². The number of nitrogens with two attached hydrogens (primary N) is 1. The Labute approximate surface area is 107 Å². The van der Waals surface area contributed by atoms with Crippen molar-refractivity contribution in [3.05, 3.63) is 29.8 Å². The molecule has 0 aliphatic rings. The molecule has 0 unspecified atom stereocenters. The number of carbonyl (C=O) groups is 2. The second-order valence-corrected chi connectivity index (χ2v) is 4.00. The van der Waals surface area contributed by atoms with Crippen molar-refractivity contribution in [1.29, 1.82) is 0 Å². The van der Waals surface area contributed by atoms with Crippen LogP contribution in [0.25, 0.3) is 0 Å². The molecule has 18 heavy (non-hydrogen) atoms. The van der Waals surface area contributed by atoms with E-state index in [1.165, 1.54) is 11.9 Å². The number of nitrogens with zero attached hydrogens (tertiary/aromatic N) is 1. The predicted octanol–water partition coefficient (Wildman–Crippen LogP) is 1.03. The number of amides is 2. The highest BCUT2D eigenvalue weighted by atomic mass is 16.5. The van der Waals surface area contributed by atoms with Gasteiger partial charge in [0, 0.05) is 12.6 Å². The Morgan fingerprint density at radius 2 is 2.11 bits per heavy atom. The molecule has 1 aromatic rings. The number of ether oxygens (including phenoxy) is 1. The van der Waals surface area contributed by atoms with Crippen LogP contribution in [-0.2, 0) is 4.79 Å². The molecule has 0 radical (unpaired) electrons. The van der Waals surface area contributed by atoms with Gasteiger partial charge in [-0.1, -0.05) is 13.0 Å². The normalized spacial score (nSPS) is 9.89. The molecule has 5 heteroatoms. The van der Waals surface area contributed by atoms with Gasteiger partial charge in [-0.15, -0.1) is 0 Å². The fourth-order valence-corrected chi connectivity index (χ4v) is 1.46. The quantitative estimate of drug-likeness (QED) is 0.819. The lowest BCUT2D eigenvalue weighted by Crippen LogP contribution is -2.35. The van der Waals surface area contributed by atoms with E-state index in [1.807, 2.05) is 6.92 Å². The summed E-state index contributed by atoms with van der Waals surface area (Å²) in [5.41, 5.74) is 5.53. The van der Waals surface area contributed by atoms with E-state index in [2.05, 4.69) is 0 Å². The van der Waals surface area contributed by atoms with Crippen LogP contribution in [0, 0.1) is 0 Å². The number of hydrogen-bond acceptors (Lipinski definition) is 3. The van der Waals surface area contributed by atoms with E-state index in [-0.39, 0.29) is 12.5 Å². The van der Waals surface area contributed by atoms with Crippen LogP contribution >= 0.6 is 0 Å². The van der Waals surface area contributed by atoms with Gasteiger partial charge in [-0.3, -0.25) is 9.59 Å². The predicted molar refractivity (Wildman–Crippen MR) is 68.4 cm³/mol. The van der Waals surface area contributed by atoms with Crippen molar-refractivity contribution in [2.75, 3.05) is 20.2 Å². The highest BCUT2D eigenvalue weighted by Crippen LogP contribution is 2.14. The molecule has 2 amide bonds. The molecular weight excluding hydrogens is 232 g/mol. The van der Waals surface area contributed by atoms with Gasteiger partial charge >= 0.3 is 0 Å². The lowest BCUT2D eigenvalue weighted by molar-refractivity contribution is -0.118. The molecule has 1 aromatic carbocycles. The molecule has 0 saturated carbocycles. The Kier molecular flexibility index (Phi) is 5.17. The molecule has 0 spiro atoms.